The highest BCUT2D eigenvalue weighted by molar-refractivity contribution is 14.0. The van der Waals surface area contributed by atoms with Crippen molar-refractivity contribution in [3.8, 4) is 0 Å². The van der Waals surface area contributed by atoms with Crippen molar-refractivity contribution < 1.29 is 0 Å². The first-order valence-electron chi connectivity index (χ1n) is 9.69. The predicted molar refractivity (Wildman–Crippen MR) is 131 cm³/mol. The monoisotopic (exact) mass is 568 g/mol. The van der Waals surface area contributed by atoms with Crippen molar-refractivity contribution in [3.05, 3.63) is 64.5 Å². The Labute approximate surface area is 196 Å². The smallest absolute Gasteiger partial charge is 0.191 e. The average Bonchev–Trinajstić information content (AvgIpc) is 3.37. The zero-order valence-electron chi connectivity index (χ0n) is 16.4. The molecule has 8 heteroatoms. The van der Waals surface area contributed by atoms with Crippen LogP contribution in [0.5, 0.6) is 0 Å². The van der Waals surface area contributed by atoms with Crippen LogP contribution in [0.1, 0.15) is 37.1 Å². The predicted octanol–water partition coefficient (Wildman–Crippen LogP) is 4.29. The summed E-state index contributed by atoms with van der Waals surface area (Å²) in [5, 5.41) is 15.4. The summed E-state index contributed by atoms with van der Waals surface area (Å²) < 4.78 is 3.11. The molecular formula is C21H26BrIN6. The minimum atomic E-state index is 0. The van der Waals surface area contributed by atoms with Gasteiger partial charge in [0.05, 0.1) is 6.54 Å². The summed E-state index contributed by atoms with van der Waals surface area (Å²) in [6.07, 6.45) is 6.93. The number of rotatable bonds is 5. The van der Waals surface area contributed by atoms with Gasteiger partial charge >= 0.3 is 0 Å². The summed E-state index contributed by atoms with van der Waals surface area (Å²) >= 11 is 3.54. The first kappa shape index (κ1) is 22.0. The number of hydrogen-bond acceptors (Lipinski definition) is 3. The van der Waals surface area contributed by atoms with E-state index in [1.807, 2.05) is 28.8 Å². The van der Waals surface area contributed by atoms with Crippen LogP contribution in [0, 0.1) is 0 Å². The lowest BCUT2D eigenvalue weighted by Crippen LogP contribution is -2.44. The highest BCUT2D eigenvalue weighted by Gasteiger charge is 2.35. The molecule has 29 heavy (non-hydrogen) atoms. The second kappa shape index (κ2) is 9.88. The van der Waals surface area contributed by atoms with Crippen LogP contribution in [0.15, 0.2) is 58.1 Å². The summed E-state index contributed by atoms with van der Waals surface area (Å²) in [7, 11) is 1.80. The molecule has 4 rings (SSSR count). The number of guanidine groups is 1. The van der Waals surface area contributed by atoms with Gasteiger partial charge in [-0.05, 0) is 42.7 Å². The van der Waals surface area contributed by atoms with Gasteiger partial charge in [-0.3, -0.25) is 9.39 Å². The molecule has 0 amide bonds. The highest BCUT2D eigenvalue weighted by atomic mass is 127. The molecule has 1 aliphatic carbocycles. The first-order chi connectivity index (χ1) is 13.7. The molecular weight excluding hydrogens is 543 g/mol. The molecule has 0 spiro atoms. The maximum absolute atomic E-state index is 4.40. The van der Waals surface area contributed by atoms with E-state index in [2.05, 4.69) is 66.0 Å². The molecule has 6 nitrogen and oxygen atoms in total. The Hall–Kier alpha value is -1.68. The third-order valence-electron chi connectivity index (χ3n) is 5.63. The third kappa shape index (κ3) is 4.91. The number of nitrogens with one attached hydrogen (secondary N) is 2. The number of aromatic nitrogens is 3. The fraction of sp³-hybridized carbons (Fsp3) is 0.381. The molecule has 2 aromatic heterocycles. The Balaban J connectivity index is 0.00000240. The second-order valence-electron chi connectivity index (χ2n) is 7.32. The Morgan fingerprint density at radius 2 is 1.86 bits per heavy atom. The van der Waals surface area contributed by atoms with Gasteiger partial charge in [0.1, 0.15) is 0 Å². The minimum Gasteiger partial charge on any atom is -0.356 e. The lowest BCUT2D eigenvalue weighted by Gasteiger charge is -2.31. The molecule has 0 radical (unpaired) electrons. The molecule has 3 aromatic rings. The van der Waals surface area contributed by atoms with E-state index in [0.717, 1.165) is 28.4 Å². The molecule has 154 valence electrons. The topological polar surface area (TPSA) is 66.6 Å². The molecule has 0 unspecified atom stereocenters. The zero-order chi connectivity index (χ0) is 19.4. The molecule has 2 N–H and O–H groups in total. The molecule has 0 aliphatic heterocycles. The number of fused-ring (bicyclic) bond motifs is 1. The van der Waals surface area contributed by atoms with Gasteiger partial charge in [-0.1, -0.05) is 47.0 Å². The quantitative estimate of drug-likeness (QED) is 0.274. The van der Waals surface area contributed by atoms with Gasteiger partial charge in [-0.25, -0.2) is 0 Å². The summed E-state index contributed by atoms with van der Waals surface area (Å²) in [5.41, 5.74) is 2.42. The fourth-order valence-corrected chi connectivity index (χ4v) is 4.33. The van der Waals surface area contributed by atoms with Gasteiger partial charge in [0.25, 0.3) is 0 Å². The fourth-order valence-electron chi connectivity index (χ4n) is 4.07. The Morgan fingerprint density at radius 1 is 1.10 bits per heavy atom. The van der Waals surface area contributed by atoms with E-state index >= 15 is 0 Å². The Kier molecular flexibility index (Phi) is 7.50. The average molecular weight is 569 g/mol. The number of aliphatic imine (C=N–C) groups is 1. The molecule has 1 fully saturated rings. The molecule has 1 aromatic carbocycles. The van der Waals surface area contributed by atoms with Crippen LogP contribution < -0.4 is 10.6 Å². The van der Waals surface area contributed by atoms with Crippen molar-refractivity contribution >= 4 is 51.5 Å². The van der Waals surface area contributed by atoms with Crippen molar-refractivity contribution in [3.63, 3.8) is 0 Å². The standard InChI is InChI=1S/C21H25BrN6.HI/c1-23-20(24-14-19-27-26-18-6-2-5-13-28(18)19)25-15-21(11-3-4-12-21)16-7-9-17(22)10-8-16;/h2,5-10,13H,3-4,11-12,14-15H2,1H3,(H2,23,24,25);1H. The normalized spacial score (nSPS) is 15.9. The molecule has 0 saturated heterocycles. The van der Waals surface area contributed by atoms with Crippen molar-refractivity contribution in [2.45, 2.75) is 37.6 Å². The maximum Gasteiger partial charge on any atom is 0.191 e. The van der Waals surface area contributed by atoms with Crippen LogP contribution in [-0.2, 0) is 12.0 Å². The van der Waals surface area contributed by atoms with Crippen molar-refractivity contribution in [2.75, 3.05) is 13.6 Å². The molecule has 0 atom stereocenters. The number of benzene rings is 1. The summed E-state index contributed by atoms with van der Waals surface area (Å²) in [6, 6.07) is 14.7. The van der Waals surface area contributed by atoms with E-state index in [1.165, 1.54) is 31.2 Å². The van der Waals surface area contributed by atoms with Gasteiger partial charge in [-0.15, -0.1) is 34.2 Å². The molecule has 1 aliphatic rings. The van der Waals surface area contributed by atoms with Crippen LogP contribution in [-0.4, -0.2) is 34.2 Å². The van der Waals surface area contributed by atoms with Crippen LogP contribution in [0.4, 0.5) is 0 Å². The number of hydrogen-bond donors (Lipinski definition) is 2. The third-order valence-corrected chi connectivity index (χ3v) is 6.16. The van der Waals surface area contributed by atoms with Crippen molar-refractivity contribution in [2.24, 2.45) is 4.99 Å². The van der Waals surface area contributed by atoms with E-state index in [-0.39, 0.29) is 29.4 Å². The largest absolute Gasteiger partial charge is 0.356 e. The number of halogens is 2. The van der Waals surface area contributed by atoms with Crippen molar-refractivity contribution in [1.29, 1.82) is 0 Å². The molecule has 1 saturated carbocycles. The zero-order valence-corrected chi connectivity index (χ0v) is 20.4. The number of nitrogens with zero attached hydrogens (tertiary/aromatic N) is 4. The van der Waals surface area contributed by atoms with Gasteiger partial charge < -0.3 is 10.6 Å². The van der Waals surface area contributed by atoms with Gasteiger partial charge in [0.15, 0.2) is 17.4 Å². The SMILES string of the molecule is CN=C(NCc1nnc2ccccn12)NCC1(c2ccc(Br)cc2)CCCC1.I. The van der Waals surface area contributed by atoms with Gasteiger partial charge in [0.2, 0.25) is 0 Å². The second-order valence-corrected chi connectivity index (χ2v) is 8.23. The van der Waals surface area contributed by atoms with Gasteiger partial charge in [0, 0.05) is 29.7 Å². The highest BCUT2D eigenvalue weighted by Crippen LogP contribution is 2.40. The van der Waals surface area contributed by atoms with Crippen LogP contribution >= 0.6 is 39.9 Å². The van der Waals surface area contributed by atoms with Crippen molar-refractivity contribution in [1.82, 2.24) is 25.2 Å². The van der Waals surface area contributed by atoms with Crippen LogP contribution in [0.3, 0.4) is 0 Å². The summed E-state index contributed by atoms with van der Waals surface area (Å²) in [6.45, 7) is 1.44. The van der Waals surface area contributed by atoms with E-state index in [9.17, 15) is 0 Å². The Morgan fingerprint density at radius 3 is 2.59 bits per heavy atom. The minimum absolute atomic E-state index is 0. The molecule has 2 heterocycles. The van der Waals surface area contributed by atoms with Gasteiger partial charge in [-0.2, -0.15) is 0 Å². The van der Waals surface area contributed by atoms with E-state index in [0.29, 0.717) is 6.54 Å². The number of pyridine rings is 1. The maximum atomic E-state index is 4.40. The summed E-state index contributed by atoms with van der Waals surface area (Å²) in [5.74, 6) is 1.65. The van der Waals surface area contributed by atoms with E-state index < -0.39 is 0 Å². The van der Waals surface area contributed by atoms with E-state index in [1.54, 1.807) is 7.05 Å². The lowest BCUT2D eigenvalue weighted by atomic mass is 9.79. The van der Waals surface area contributed by atoms with Crippen LogP contribution in [0.25, 0.3) is 5.65 Å². The Bertz CT molecular complexity index is 963. The lowest BCUT2D eigenvalue weighted by molar-refractivity contribution is 0.431. The molecule has 0 bridgehead atoms. The first-order valence-corrected chi connectivity index (χ1v) is 10.5. The van der Waals surface area contributed by atoms with Crippen LogP contribution in [0.2, 0.25) is 0 Å². The van der Waals surface area contributed by atoms with E-state index in [4.69, 9.17) is 0 Å². The summed E-state index contributed by atoms with van der Waals surface area (Å²) in [4.78, 5) is 4.40.